The summed E-state index contributed by atoms with van der Waals surface area (Å²) in [5.74, 6) is -1.88. The normalized spacial score (nSPS) is 21.4. The van der Waals surface area contributed by atoms with Crippen LogP contribution in [0.4, 0.5) is 10.5 Å². The summed E-state index contributed by atoms with van der Waals surface area (Å²) in [4.78, 5) is 71.6. The monoisotopic (exact) mass is 673 g/mol. The lowest BCUT2D eigenvalue weighted by Crippen LogP contribution is -2.70. The summed E-state index contributed by atoms with van der Waals surface area (Å²) in [6, 6.07) is 5.51. The maximum atomic E-state index is 13.6. The van der Waals surface area contributed by atoms with Gasteiger partial charge in [-0.3, -0.25) is 24.6 Å². The van der Waals surface area contributed by atoms with E-state index in [1.165, 1.54) is 57.1 Å². The zero-order valence-corrected chi connectivity index (χ0v) is 24.5. The molecule has 3 atom stereocenters. The van der Waals surface area contributed by atoms with Gasteiger partial charge in [-0.1, -0.05) is 15.9 Å². The number of amides is 2. The van der Waals surface area contributed by atoms with Crippen molar-refractivity contribution in [3.63, 3.8) is 0 Å². The molecule has 2 unspecified atom stereocenters. The van der Waals surface area contributed by atoms with E-state index in [9.17, 15) is 34.4 Å². The van der Waals surface area contributed by atoms with Crippen molar-refractivity contribution in [2.75, 3.05) is 6.54 Å². The standard InChI is InChI=1S/C25H20BrN7O9S/c1-12(34)42-18(19-28-23-27-8-14-9-30(24(37)38)7-6-16(14)32(23)29-19)25(26)21(36)31-17(11-43-22(25)31)20(35)41-10-13-2-4-15(5-3-13)33(39)40/h2-5,8,11,18,22H,6-7,9-10H2,1H3,(H,37,38)/t18?,22-,25?/m1/s1. The van der Waals surface area contributed by atoms with Crippen molar-refractivity contribution < 1.29 is 38.7 Å². The molecule has 16 nitrogen and oxygen atoms in total. The number of fused-ring (bicyclic) bond motifs is 4. The number of thioether (sulfide) groups is 1. The number of halogens is 1. The van der Waals surface area contributed by atoms with Gasteiger partial charge in [0.15, 0.2) is 16.3 Å². The van der Waals surface area contributed by atoms with E-state index in [1.54, 1.807) is 0 Å². The summed E-state index contributed by atoms with van der Waals surface area (Å²) >= 11 is 4.63. The molecule has 222 valence electrons. The molecule has 6 rings (SSSR count). The molecule has 0 bridgehead atoms. The Bertz CT molecular complexity index is 1750. The van der Waals surface area contributed by atoms with Gasteiger partial charge < -0.3 is 19.5 Å². The molecule has 0 aliphatic carbocycles. The molecule has 3 aromatic rings. The Morgan fingerprint density at radius 2 is 2.05 bits per heavy atom. The van der Waals surface area contributed by atoms with Crippen LogP contribution in [0.5, 0.6) is 0 Å². The predicted molar refractivity (Wildman–Crippen MR) is 148 cm³/mol. The highest BCUT2D eigenvalue weighted by Gasteiger charge is 2.69. The Labute approximate surface area is 253 Å². The van der Waals surface area contributed by atoms with Crippen LogP contribution < -0.4 is 0 Å². The van der Waals surface area contributed by atoms with Crippen LogP contribution in [0.25, 0.3) is 5.78 Å². The second-order valence-electron chi connectivity index (χ2n) is 9.79. The zero-order chi connectivity index (χ0) is 30.6. The highest BCUT2D eigenvalue weighted by Crippen LogP contribution is 2.57. The maximum Gasteiger partial charge on any atom is 0.407 e. The van der Waals surface area contributed by atoms with Crippen LogP contribution in [0.1, 0.15) is 35.7 Å². The quantitative estimate of drug-likeness (QED) is 0.126. The molecule has 1 fully saturated rings. The molecule has 3 aliphatic rings. The fourth-order valence-corrected chi connectivity index (χ4v) is 7.28. The number of non-ortho nitro benzene ring substituents is 1. The molecule has 5 heterocycles. The Morgan fingerprint density at radius 1 is 1.30 bits per heavy atom. The number of hydrogen-bond donors (Lipinski definition) is 1. The van der Waals surface area contributed by atoms with Crippen molar-refractivity contribution in [1.82, 2.24) is 29.4 Å². The van der Waals surface area contributed by atoms with Gasteiger partial charge in [-0.2, -0.15) is 4.98 Å². The van der Waals surface area contributed by atoms with E-state index in [1.807, 2.05) is 0 Å². The highest BCUT2D eigenvalue weighted by molar-refractivity contribution is 9.10. The van der Waals surface area contributed by atoms with Gasteiger partial charge in [0.2, 0.25) is 0 Å². The Kier molecular flexibility index (Phi) is 7.04. The van der Waals surface area contributed by atoms with Crippen LogP contribution in [0, 0.1) is 10.1 Å². The molecule has 0 radical (unpaired) electrons. The van der Waals surface area contributed by atoms with E-state index in [2.05, 4.69) is 31.0 Å². The third-order valence-corrected chi connectivity index (χ3v) is 9.85. The lowest BCUT2D eigenvalue weighted by atomic mass is 9.90. The van der Waals surface area contributed by atoms with Crippen LogP contribution in [0.2, 0.25) is 0 Å². The molecule has 3 aliphatic heterocycles. The minimum Gasteiger partial charge on any atom is -0.465 e. The molecule has 0 spiro atoms. The fraction of sp³-hybridized carbons (Fsp3) is 0.320. The van der Waals surface area contributed by atoms with Crippen molar-refractivity contribution >= 4 is 63.1 Å². The third kappa shape index (κ3) is 4.75. The lowest BCUT2D eigenvalue weighted by Gasteiger charge is -2.50. The number of nitro groups is 1. The number of carboxylic acid groups (broad SMARTS) is 1. The summed E-state index contributed by atoms with van der Waals surface area (Å²) in [7, 11) is 0. The number of carbonyl (C=O) groups is 4. The molecule has 1 saturated heterocycles. The second kappa shape index (κ2) is 10.6. The second-order valence-corrected chi connectivity index (χ2v) is 12.1. The number of aromatic nitrogens is 4. The lowest BCUT2D eigenvalue weighted by molar-refractivity contribution is -0.384. The largest absolute Gasteiger partial charge is 0.465 e. The van der Waals surface area contributed by atoms with E-state index in [0.717, 1.165) is 11.8 Å². The number of rotatable bonds is 7. The van der Waals surface area contributed by atoms with Gasteiger partial charge in [0.25, 0.3) is 17.4 Å². The molecule has 18 heteroatoms. The Morgan fingerprint density at radius 3 is 2.72 bits per heavy atom. The minimum atomic E-state index is -1.54. The Hall–Kier alpha value is -4.58. The van der Waals surface area contributed by atoms with Gasteiger partial charge in [-0.15, -0.1) is 16.9 Å². The number of alkyl halides is 1. The molecular formula is C25H20BrN7O9S. The number of benzene rings is 1. The predicted octanol–water partition coefficient (Wildman–Crippen LogP) is 2.31. The molecule has 0 saturated carbocycles. The van der Waals surface area contributed by atoms with E-state index in [4.69, 9.17) is 9.47 Å². The van der Waals surface area contributed by atoms with Crippen LogP contribution in [0.3, 0.4) is 0 Å². The summed E-state index contributed by atoms with van der Waals surface area (Å²) in [5, 5.41) is 25.5. The van der Waals surface area contributed by atoms with E-state index in [-0.39, 0.29) is 42.7 Å². The number of ether oxygens (including phenoxy) is 2. The van der Waals surface area contributed by atoms with Gasteiger partial charge in [0.1, 0.15) is 17.7 Å². The molecule has 1 aromatic carbocycles. The summed E-state index contributed by atoms with van der Waals surface area (Å²) < 4.78 is 10.9. The first-order chi connectivity index (χ1) is 20.5. The summed E-state index contributed by atoms with van der Waals surface area (Å²) in [6.45, 7) is 1.38. The minimum absolute atomic E-state index is 0.00330. The van der Waals surface area contributed by atoms with Crippen LogP contribution in [-0.2, 0) is 43.4 Å². The van der Waals surface area contributed by atoms with Gasteiger partial charge in [-0.25, -0.2) is 19.1 Å². The highest BCUT2D eigenvalue weighted by atomic mass is 79.9. The van der Waals surface area contributed by atoms with Gasteiger partial charge >= 0.3 is 18.0 Å². The van der Waals surface area contributed by atoms with Crippen molar-refractivity contribution in [2.24, 2.45) is 0 Å². The molecule has 1 N–H and O–H groups in total. The van der Waals surface area contributed by atoms with E-state index in [0.29, 0.717) is 23.2 Å². The van der Waals surface area contributed by atoms with E-state index >= 15 is 0 Å². The average Bonchev–Trinajstić information content (AvgIpc) is 3.61. The first-order valence-electron chi connectivity index (χ1n) is 12.7. The van der Waals surface area contributed by atoms with Gasteiger partial charge in [0.05, 0.1) is 17.2 Å². The molecule has 2 aromatic heterocycles. The number of esters is 2. The molecule has 2 amide bonds. The first-order valence-corrected chi connectivity index (χ1v) is 14.4. The Balaban J connectivity index is 1.22. The number of carbonyl (C=O) groups excluding carboxylic acids is 3. The van der Waals surface area contributed by atoms with E-state index < -0.39 is 44.7 Å². The fourth-order valence-electron chi connectivity index (χ4n) is 5.05. The third-order valence-electron chi connectivity index (χ3n) is 7.15. The number of nitro benzene ring substituents is 1. The van der Waals surface area contributed by atoms with Gasteiger partial charge in [-0.05, 0) is 17.7 Å². The average molecular weight is 674 g/mol. The number of hydrogen-bond acceptors (Lipinski definition) is 12. The van der Waals surface area contributed by atoms with Crippen molar-refractivity contribution in [3.8, 4) is 0 Å². The maximum absolute atomic E-state index is 13.6. The first kappa shape index (κ1) is 28.5. The van der Waals surface area contributed by atoms with Crippen LogP contribution >= 0.6 is 27.7 Å². The SMILES string of the molecule is CC(=O)OC(c1nc2ncc3c(n2n1)CCN(C(=O)O)C3)C1(Br)C(=O)N2C(C(=O)OCc3ccc([N+](=O)[O-])cc3)=CS[C@@H]21. The zero-order valence-electron chi connectivity index (χ0n) is 22.1. The smallest absolute Gasteiger partial charge is 0.407 e. The van der Waals surface area contributed by atoms with Crippen LogP contribution in [0.15, 0.2) is 41.6 Å². The van der Waals surface area contributed by atoms with Crippen molar-refractivity contribution in [1.29, 1.82) is 0 Å². The summed E-state index contributed by atoms with van der Waals surface area (Å²) in [5.41, 5.74) is 1.75. The van der Waals surface area contributed by atoms with Gasteiger partial charge in [0, 0.05) is 49.2 Å². The molecule has 43 heavy (non-hydrogen) atoms. The number of β-lactam (4-membered cyclic amide) rings is 1. The topological polar surface area (TPSA) is 200 Å². The van der Waals surface area contributed by atoms with Crippen molar-refractivity contribution in [2.45, 2.75) is 42.3 Å². The van der Waals surface area contributed by atoms with Crippen LogP contribution in [-0.4, -0.2) is 79.6 Å². The molecular weight excluding hydrogens is 654 g/mol. The van der Waals surface area contributed by atoms with Crippen molar-refractivity contribution in [3.05, 3.63) is 74.3 Å². The number of nitrogens with zero attached hydrogens (tertiary/aromatic N) is 7. The summed E-state index contributed by atoms with van der Waals surface area (Å²) in [6.07, 6.45) is -0.482.